The summed E-state index contributed by atoms with van der Waals surface area (Å²) < 4.78 is 0. The number of aromatic nitrogens is 1. The van der Waals surface area contributed by atoms with Crippen molar-refractivity contribution >= 4 is 23.1 Å². The first-order chi connectivity index (χ1) is 8.06. The van der Waals surface area contributed by atoms with Crippen LogP contribution in [0.25, 0.3) is 11.3 Å². The molecular formula is C11H8ClN3O2. The summed E-state index contributed by atoms with van der Waals surface area (Å²) in [6.45, 7) is 0. The Kier molecular flexibility index (Phi) is 2.93. The lowest BCUT2D eigenvalue weighted by atomic mass is 10.1. The molecule has 5 nitrogen and oxygen atoms in total. The summed E-state index contributed by atoms with van der Waals surface area (Å²) in [7, 11) is 0. The highest BCUT2D eigenvalue weighted by atomic mass is 35.5. The topological polar surface area (TPSA) is 82.0 Å². The Bertz CT molecular complexity index is 569. The van der Waals surface area contributed by atoms with E-state index in [2.05, 4.69) is 4.98 Å². The van der Waals surface area contributed by atoms with Crippen molar-refractivity contribution in [3.63, 3.8) is 0 Å². The number of anilines is 1. The molecule has 0 spiro atoms. The lowest BCUT2D eigenvalue weighted by Gasteiger charge is -2.02. The number of nitro groups is 1. The molecule has 1 heterocycles. The van der Waals surface area contributed by atoms with Crippen LogP contribution in [0.2, 0.25) is 5.02 Å². The molecule has 0 aliphatic heterocycles. The molecule has 6 heteroatoms. The molecule has 0 amide bonds. The molecule has 0 aliphatic rings. The van der Waals surface area contributed by atoms with Crippen LogP contribution in [0, 0.1) is 10.1 Å². The van der Waals surface area contributed by atoms with Gasteiger partial charge >= 0.3 is 0 Å². The molecule has 0 fully saturated rings. The maximum Gasteiger partial charge on any atom is 0.275 e. The summed E-state index contributed by atoms with van der Waals surface area (Å²) in [5, 5.41) is 11.3. The van der Waals surface area contributed by atoms with Crippen LogP contribution < -0.4 is 5.73 Å². The van der Waals surface area contributed by atoms with Gasteiger partial charge in [-0.25, -0.2) is 4.98 Å². The summed E-state index contributed by atoms with van der Waals surface area (Å²) in [6, 6.07) is 9.43. The fraction of sp³-hybridized carbons (Fsp3) is 0. The van der Waals surface area contributed by atoms with E-state index in [1.54, 1.807) is 24.3 Å². The molecule has 0 unspecified atom stereocenters. The van der Waals surface area contributed by atoms with Crippen molar-refractivity contribution in [3.8, 4) is 11.3 Å². The molecule has 86 valence electrons. The number of pyridine rings is 1. The zero-order chi connectivity index (χ0) is 12.4. The largest absolute Gasteiger partial charge is 0.383 e. The monoisotopic (exact) mass is 249 g/mol. The molecule has 0 aliphatic carbocycles. The number of hydrogen-bond donors (Lipinski definition) is 1. The average Bonchev–Trinajstić information content (AvgIpc) is 2.29. The number of hydrogen-bond acceptors (Lipinski definition) is 4. The van der Waals surface area contributed by atoms with Gasteiger partial charge in [0.05, 0.1) is 16.7 Å². The van der Waals surface area contributed by atoms with Gasteiger partial charge in [0.25, 0.3) is 5.69 Å². The first-order valence-corrected chi connectivity index (χ1v) is 5.12. The zero-order valence-electron chi connectivity index (χ0n) is 8.63. The van der Waals surface area contributed by atoms with Gasteiger partial charge in [-0.3, -0.25) is 10.1 Å². The van der Waals surface area contributed by atoms with E-state index in [0.717, 1.165) is 5.56 Å². The molecule has 2 rings (SSSR count). The van der Waals surface area contributed by atoms with Crippen molar-refractivity contribution in [3.05, 3.63) is 51.5 Å². The van der Waals surface area contributed by atoms with E-state index in [1.807, 2.05) is 0 Å². The van der Waals surface area contributed by atoms with Crippen molar-refractivity contribution in [2.45, 2.75) is 0 Å². The molecule has 2 aromatic rings. The second-order valence-electron chi connectivity index (χ2n) is 3.40. The van der Waals surface area contributed by atoms with E-state index in [9.17, 15) is 10.1 Å². The van der Waals surface area contributed by atoms with Gasteiger partial charge < -0.3 is 5.73 Å². The minimum Gasteiger partial charge on any atom is -0.383 e. The van der Waals surface area contributed by atoms with E-state index in [4.69, 9.17) is 17.3 Å². The average molecular weight is 250 g/mol. The summed E-state index contributed by atoms with van der Waals surface area (Å²) in [5.41, 5.74) is 6.62. The van der Waals surface area contributed by atoms with Crippen LogP contribution in [0.1, 0.15) is 0 Å². The molecule has 17 heavy (non-hydrogen) atoms. The van der Waals surface area contributed by atoms with Crippen LogP contribution >= 0.6 is 11.6 Å². The smallest absolute Gasteiger partial charge is 0.275 e. The van der Waals surface area contributed by atoms with Crippen LogP contribution in [0.3, 0.4) is 0 Å². The van der Waals surface area contributed by atoms with Crippen LogP contribution in [0.15, 0.2) is 36.4 Å². The standard InChI is InChI=1S/C11H8ClN3O2/c12-8-3-1-7(2-4-8)10-5-9(15(16)17)6-11(13)14-10/h1-6H,(H2,13,14). The van der Waals surface area contributed by atoms with Crippen molar-refractivity contribution in [2.24, 2.45) is 0 Å². The first-order valence-electron chi connectivity index (χ1n) is 4.74. The quantitative estimate of drug-likeness (QED) is 0.655. The maximum absolute atomic E-state index is 10.7. The third-order valence-corrected chi connectivity index (χ3v) is 2.43. The highest BCUT2D eigenvalue weighted by Crippen LogP contribution is 2.25. The Morgan fingerprint density at radius 3 is 2.47 bits per heavy atom. The van der Waals surface area contributed by atoms with Gasteiger partial charge in [0, 0.05) is 16.7 Å². The molecule has 0 atom stereocenters. The zero-order valence-corrected chi connectivity index (χ0v) is 9.39. The van der Waals surface area contributed by atoms with Crippen molar-refractivity contribution < 1.29 is 4.92 Å². The van der Waals surface area contributed by atoms with Crippen LogP contribution in [-0.2, 0) is 0 Å². The number of nitrogens with zero attached hydrogens (tertiary/aromatic N) is 2. The van der Waals surface area contributed by atoms with Crippen molar-refractivity contribution in [1.82, 2.24) is 4.98 Å². The van der Waals surface area contributed by atoms with Gasteiger partial charge in [0.1, 0.15) is 5.82 Å². The summed E-state index contributed by atoms with van der Waals surface area (Å²) in [6.07, 6.45) is 0. The number of halogens is 1. The highest BCUT2D eigenvalue weighted by Gasteiger charge is 2.10. The second-order valence-corrected chi connectivity index (χ2v) is 3.84. The van der Waals surface area contributed by atoms with Gasteiger partial charge in [0.15, 0.2) is 0 Å². The molecule has 0 saturated carbocycles. The second kappa shape index (κ2) is 4.39. The third kappa shape index (κ3) is 2.51. The molecule has 1 aromatic heterocycles. The van der Waals surface area contributed by atoms with E-state index < -0.39 is 4.92 Å². The summed E-state index contributed by atoms with van der Waals surface area (Å²) in [5.74, 6) is 0.115. The predicted molar refractivity (Wildman–Crippen MR) is 65.7 cm³/mol. The first kappa shape index (κ1) is 11.3. The predicted octanol–water partition coefficient (Wildman–Crippen LogP) is 2.89. The Morgan fingerprint density at radius 2 is 1.88 bits per heavy atom. The number of benzene rings is 1. The fourth-order valence-electron chi connectivity index (χ4n) is 1.41. The van der Waals surface area contributed by atoms with E-state index >= 15 is 0 Å². The fourth-order valence-corrected chi connectivity index (χ4v) is 1.54. The van der Waals surface area contributed by atoms with Crippen LogP contribution in [0.5, 0.6) is 0 Å². The lowest BCUT2D eigenvalue weighted by Crippen LogP contribution is -1.96. The van der Waals surface area contributed by atoms with Gasteiger partial charge in [-0.1, -0.05) is 23.7 Å². The van der Waals surface area contributed by atoms with Crippen molar-refractivity contribution in [2.75, 3.05) is 5.73 Å². The van der Waals surface area contributed by atoms with Crippen LogP contribution in [-0.4, -0.2) is 9.91 Å². The normalized spacial score (nSPS) is 10.2. The van der Waals surface area contributed by atoms with Crippen LogP contribution in [0.4, 0.5) is 11.5 Å². The number of nitrogens with two attached hydrogens (primary N) is 1. The Balaban J connectivity index is 2.51. The summed E-state index contributed by atoms with van der Waals surface area (Å²) in [4.78, 5) is 14.2. The Hall–Kier alpha value is -2.14. The third-order valence-electron chi connectivity index (χ3n) is 2.18. The lowest BCUT2D eigenvalue weighted by molar-refractivity contribution is -0.384. The molecule has 1 aromatic carbocycles. The van der Waals surface area contributed by atoms with Gasteiger partial charge in [-0.15, -0.1) is 0 Å². The number of rotatable bonds is 2. The van der Waals surface area contributed by atoms with Gasteiger partial charge in [-0.2, -0.15) is 0 Å². The van der Waals surface area contributed by atoms with Gasteiger partial charge in [-0.05, 0) is 12.1 Å². The molecule has 0 radical (unpaired) electrons. The SMILES string of the molecule is Nc1cc([N+](=O)[O-])cc(-c2ccc(Cl)cc2)n1. The van der Waals surface area contributed by atoms with Crippen molar-refractivity contribution in [1.29, 1.82) is 0 Å². The Labute approximate surface area is 102 Å². The van der Waals surface area contributed by atoms with E-state index in [-0.39, 0.29) is 11.5 Å². The maximum atomic E-state index is 10.7. The summed E-state index contributed by atoms with van der Waals surface area (Å²) >= 11 is 5.76. The minimum absolute atomic E-state index is 0.0811. The molecule has 0 saturated heterocycles. The minimum atomic E-state index is -0.503. The van der Waals surface area contributed by atoms with E-state index in [0.29, 0.717) is 10.7 Å². The number of nitrogen functional groups attached to an aromatic ring is 1. The Morgan fingerprint density at radius 1 is 1.24 bits per heavy atom. The van der Waals surface area contributed by atoms with E-state index in [1.165, 1.54) is 12.1 Å². The molecule has 0 bridgehead atoms. The molecule has 2 N–H and O–H groups in total. The highest BCUT2D eigenvalue weighted by molar-refractivity contribution is 6.30. The molecular weight excluding hydrogens is 242 g/mol. The van der Waals surface area contributed by atoms with Gasteiger partial charge in [0.2, 0.25) is 0 Å².